The molecule has 5 N–H and O–H groups in total. The highest BCUT2D eigenvalue weighted by atomic mass is 35.5. The number of carbonyl (C=O) groups is 8. The zero-order chi connectivity index (χ0) is 53.7. The zero-order valence-electron chi connectivity index (χ0n) is 44.1. The minimum atomic E-state index is -1.65. The molecule has 0 fully saturated rings. The lowest BCUT2D eigenvalue weighted by molar-refractivity contribution is -0.161. The second-order valence-electron chi connectivity index (χ2n) is 19.6. The Hall–Kier alpha value is -5.33. The molecule has 0 aromatic heterocycles. The number of esters is 2. The molecule has 0 spiro atoms. The average Bonchev–Trinajstić information content (AvgIpc) is 3.31. The van der Waals surface area contributed by atoms with Crippen LogP contribution >= 0.6 is 11.6 Å². The van der Waals surface area contributed by atoms with E-state index in [0.29, 0.717) is 42.0 Å². The van der Waals surface area contributed by atoms with Gasteiger partial charge in [0.15, 0.2) is 6.10 Å². The number of hydrogen-bond acceptors (Lipinski definition) is 12. The summed E-state index contributed by atoms with van der Waals surface area (Å²) in [5.74, 6) is -6.62. The molecular formula is C52H81ClN6O12. The third-order valence-electron chi connectivity index (χ3n) is 12.7. The van der Waals surface area contributed by atoms with Gasteiger partial charge in [-0.2, -0.15) is 0 Å². The molecule has 0 bridgehead atoms. The van der Waals surface area contributed by atoms with Crippen molar-refractivity contribution in [1.82, 2.24) is 31.1 Å². The fraction of sp³-hybridized carbons (Fsp3) is 0.654. The molecule has 0 saturated carbocycles. The van der Waals surface area contributed by atoms with Crippen LogP contribution in [0.25, 0.3) is 0 Å². The first kappa shape index (κ1) is 61.8. The van der Waals surface area contributed by atoms with E-state index < -0.39 is 108 Å². The monoisotopic (exact) mass is 1020 g/mol. The number of carbonyl (C=O) groups excluding carboxylic acids is 8. The Bertz CT molecular complexity index is 2040. The Balaban J connectivity index is 2.74. The van der Waals surface area contributed by atoms with Crippen molar-refractivity contribution in [1.29, 1.82) is 0 Å². The molecule has 0 aliphatic carbocycles. The molecule has 1 aromatic rings. The number of aliphatic hydroxyl groups excluding tert-OH is 1. The zero-order valence-corrected chi connectivity index (χ0v) is 44.9. The van der Waals surface area contributed by atoms with Gasteiger partial charge < -0.3 is 50.4 Å². The van der Waals surface area contributed by atoms with E-state index in [-0.39, 0.29) is 44.0 Å². The van der Waals surface area contributed by atoms with Gasteiger partial charge in [0.2, 0.25) is 29.5 Å². The van der Waals surface area contributed by atoms with Gasteiger partial charge in [0.05, 0.1) is 12.6 Å². The van der Waals surface area contributed by atoms with E-state index in [1.54, 1.807) is 64.1 Å². The van der Waals surface area contributed by atoms with E-state index in [4.69, 9.17) is 30.9 Å². The van der Waals surface area contributed by atoms with Crippen molar-refractivity contribution in [2.45, 2.75) is 163 Å². The molecule has 1 aliphatic rings. The summed E-state index contributed by atoms with van der Waals surface area (Å²) in [4.78, 5) is 114. The van der Waals surface area contributed by atoms with Gasteiger partial charge >= 0.3 is 11.9 Å². The highest BCUT2D eigenvalue weighted by molar-refractivity contribution is 6.30. The van der Waals surface area contributed by atoms with Crippen LogP contribution in [0.2, 0.25) is 5.02 Å². The average molecular weight is 1020 g/mol. The molecule has 8 atom stereocenters. The van der Waals surface area contributed by atoms with Crippen molar-refractivity contribution < 1.29 is 57.7 Å². The molecule has 71 heavy (non-hydrogen) atoms. The number of unbranched alkanes of at least 4 members (excludes halogenated alkanes) is 2. The van der Waals surface area contributed by atoms with E-state index >= 15 is 0 Å². The van der Waals surface area contributed by atoms with Crippen LogP contribution in [0.3, 0.4) is 0 Å². The van der Waals surface area contributed by atoms with Gasteiger partial charge in [-0.25, -0.2) is 9.59 Å². The molecule has 1 aromatic carbocycles. The number of ether oxygens (including phenoxy) is 3. The Morgan fingerprint density at radius 1 is 0.972 bits per heavy atom. The van der Waals surface area contributed by atoms with E-state index in [0.717, 1.165) is 11.3 Å². The maximum Gasteiger partial charge on any atom is 0.334 e. The van der Waals surface area contributed by atoms with Gasteiger partial charge in [0.1, 0.15) is 36.4 Å². The van der Waals surface area contributed by atoms with Crippen molar-refractivity contribution in [3.05, 3.63) is 58.1 Å². The Morgan fingerprint density at radius 3 is 2.21 bits per heavy atom. The number of nitrogens with zero attached hydrogens (tertiary/aromatic N) is 2. The van der Waals surface area contributed by atoms with E-state index in [1.807, 2.05) is 20.8 Å². The first-order valence-corrected chi connectivity index (χ1v) is 25.0. The van der Waals surface area contributed by atoms with Crippen LogP contribution in [-0.4, -0.2) is 145 Å². The fourth-order valence-corrected chi connectivity index (χ4v) is 7.87. The molecule has 19 heteroatoms. The van der Waals surface area contributed by atoms with Gasteiger partial charge in [-0.05, 0) is 109 Å². The molecule has 2 rings (SSSR count). The number of hydrogen-bond donors (Lipinski definition) is 5. The lowest BCUT2D eigenvalue weighted by Gasteiger charge is -2.35. The second kappa shape index (κ2) is 29.9. The largest absolute Gasteiger partial charge is 0.456 e. The third-order valence-corrected chi connectivity index (χ3v) is 12.9. The summed E-state index contributed by atoms with van der Waals surface area (Å²) in [5, 5.41) is 20.6. The number of amides is 6. The molecule has 1 unspecified atom stereocenters. The molecular weight excluding hydrogens is 936 g/mol. The SMILES string of the molecule is C/C=C(\C)[C@H]1OC(=O)C(C)(C)NC(=O)[C@H](C(C)CC)NC(=O)CN(C)C(=O)[C@@H](Cc2ccc(Cl)cc2)N(C)C(=O)[C@H](C)NC(=O)[C@@H](CC(C)C)OC(=O)/C(C)=C/C[C@H](OCC(=O)NCCCCCO)[C@@H]1C. The number of halogens is 1. The van der Waals surface area contributed by atoms with Crippen LogP contribution in [0.5, 0.6) is 0 Å². The van der Waals surface area contributed by atoms with Gasteiger partial charge in [0, 0.05) is 50.2 Å². The quantitative estimate of drug-likeness (QED) is 0.0922. The maximum absolute atomic E-state index is 14.3. The summed E-state index contributed by atoms with van der Waals surface area (Å²) in [5.41, 5.74) is -0.258. The van der Waals surface area contributed by atoms with Crippen LogP contribution in [-0.2, 0) is 59.0 Å². The summed E-state index contributed by atoms with van der Waals surface area (Å²) >= 11 is 6.15. The lowest BCUT2D eigenvalue weighted by Crippen LogP contribution is -2.60. The molecule has 1 heterocycles. The number of aliphatic hydroxyl groups is 1. The van der Waals surface area contributed by atoms with E-state index in [2.05, 4.69) is 21.3 Å². The smallest absolute Gasteiger partial charge is 0.334 e. The first-order valence-electron chi connectivity index (χ1n) is 24.7. The van der Waals surface area contributed by atoms with Crippen molar-refractivity contribution in [2.24, 2.45) is 17.8 Å². The van der Waals surface area contributed by atoms with Crippen LogP contribution in [0.1, 0.15) is 120 Å². The van der Waals surface area contributed by atoms with Crippen molar-refractivity contribution in [2.75, 3.05) is 40.4 Å². The van der Waals surface area contributed by atoms with Gasteiger partial charge in [-0.15, -0.1) is 0 Å². The summed E-state index contributed by atoms with van der Waals surface area (Å²) < 4.78 is 18.2. The van der Waals surface area contributed by atoms with Crippen LogP contribution in [0.4, 0.5) is 0 Å². The number of allylic oxidation sites excluding steroid dienone is 1. The highest BCUT2D eigenvalue weighted by Gasteiger charge is 2.40. The number of nitrogens with one attached hydrogen (secondary N) is 4. The molecule has 18 nitrogen and oxygen atoms in total. The maximum atomic E-state index is 14.3. The molecule has 0 saturated heterocycles. The third kappa shape index (κ3) is 20.0. The predicted octanol–water partition coefficient (Wildman–Crippen LogP) is 4.58. The molecule has 6 amide bonds. The van der Waals surface area contributed by atoms with Gasteiger partial charge in [0.25, 0.3) is 5.91 Å². The van der Waals surface area contributed by atoms with E-state index in [9.17, 15) is 38.4 Å². The number of benzene rings is 1. The van der Waals surface area contributed by atoms with Crippen molar-refractivity contribution >= 4 is 59.0 Å². The van der Waals surface area contributed by atoms with Crippen LogP contribution in [0, 0.1) is 17.8 Å². The number of likely N-dealkylation sites (N-methyl/N-ethyl adjacent to an activating group) is 2. The molecule has 1 aliphatic heterocycles. The Kier molecular flexibility index (Phi) is 26.0. The highest BCUT2D eigenvalue weighted by Crippen LogP contribution is 2.27. The van der Waals surface area contributed by atoms with Crippen LogP contribution < -0.4 is 21.3 Å². The standard InChI is InChI=1S/C52H81ClN6O12/c1-14-32(5)44-47(64)57-52(10,11)51(68)71-45(33(6)15-2)35(8)40(69-30-43(62)54-25-17-16-18-26-60)24-19-34(7)50(67)70-41(27-31(3)4)46(63)55-36(9)48(65)59(13)39(28-37-20-22-38(53)23-21-37)49(66)58(12)29-42(61)56-44/h15,19-23,31-32,35-36,39-41,44-45,60H,14,16-18,24-30H2,1-13H3,(H,54,62)(H,55,63)(H,56,61)(H,57,64)/b33-15+,34-19+/t32?,35-,36-,39+,40-,41+,44-,45+/m0/s1. The minimum Gasteiger partial charge on any atom is -0.456 e. The topological polar surface area (TPSA) is 239 Å². The first-order chi connectivity index (χ1) is 33.3. The second-order valence-corrected chi connectivity index (χ2v) is 20.0. The fourth-order valence-electron chi connectivity index (χ4n) is 7.75. The predicted molar refractivity (Wildman–Crippen MR) is 270 cm³/mol. The summed E-state index contributed by atoms with van der Waals surface area (Å²) in [6.45, 7) is 18.0. The summed E-state index contributed by atoms with van der Waals surface area (Å²) in [6.07, 6.45) is 2.75. The summed E-state index contributed by atoms with van der Waals surface area (Å²) in [6, 6.07) is 3.15. The van der Waals surface area contributed by atoms with Gasteiger partial charge in [-0.1, -0.05) is 76.9 Å². The number of rotatable bonds is 15. The van der Waals surface area contributed by atoms with Crippen molar-refractivity contribution in [3.8, 4) is 0 Å². The van der Waals surface area contributed by atoms with Gasteiger partial charge in [-0.3, -0.25) is 28.8 Å². The summed E-state index contributed by atoms with van der Waals surface area (Å²) in [7, 11) is 2.81. The van der Waals surface area contributed by atoms with E-state index in [1.165, 1.54) is 46.7 Å². The minimum absolute atomic E-state index is 0.00553. The molecule has 398 valence electrons. The Morgan fingerprint density at radius 2 is 1.62 bits per heavy atom. The Labute approximate surface area is 425 Å². The lowest BCUT2D eigenvalue weighted by atomic mass is 9.90. The molecule has 0 radical (unpaired) electrons. The van der Waals surface area contributed by atoms with Crippen molar-refractivity contribution in [3.63, 3.8) is 0 Å². The van der Waals surface area contributed by atoms with Crippen LogP contribution in [0.15, 0.2) is 47.6 Å². The number of cyclic esters (lactones) is 2. The normalized spacial score (nSPS) is 25.6.